The Balaban J connectivity index is 1.75. The number of nitrogens with one attached hydrogen (secondary N) is 1. The predicted molar refractivity (Wildman–Crippen MR) is 90.6 cm³/mol. The second-order valence-electron chi connectivity index (χ2n) is 6.01. The summed E-state index contributed by atoms with van der Waals surface area (Å²) in [5.74, 6) is -0.753. The van der Waals surface area contributed by atoms with Crippen LogP contribution in [0.2, 0.25) is 0 Å². The van der Waals surface area contributed by atoms with E-state index in [9.17, 15) is 14.4 Å². The Morgan fingerprint density at radius 1 is 1.17 bits per heavy atom. The minimum atomic E-state index is -0.412. The van der Waals surface area contributed by atoms with Gasteiger partial charge < -0.3 is 14.8 Å². The van der Waals surface area contributed by atoms with Crippen LogP contribution in [0, 0.1) is 5.92 Å². The molecule has 124 valence electrons. The van der Waals surface area contributed by atoms with Gasteiger partial charge in [0.2, 0.25) is 11.8 Å². The van der Waals surface area contributed by atoms with Crippen molar-refractivity contribution in [2.24, 2.45) is 5.92 Å². The van der Waals surface area contributed by atoms with Gasteiger partial charge in [-0.3, -0.25) is 14.4 Å². The van der Waals surface area contributed by atoms with Crippen LogP contribution in [-0.4, -0.2) is 34.9 Å². The van der Waals surface area contributed by atoms with E-state index in [0.29, 0.717) is 13.1 Å². The number of amides is 2. The second-order valence-corrected chi connectivity index (χ2v) is 6.01. The number of pyridine rings is 1. The second kappa shape index (κ2) is 6.70. The zero-order valence-corrected chi connectivity index (χ0v) is 13.4. The lowest BCUT2D eigenvalue weighted by atomic mass is 10.1. The molecule has 0 aliphatic carbocycles. The van der Waals surface area contributed by atoms with Crippen molar-refractivity contribution in [3.05, 3.63) is 64.6 Å². The van der Waals surface area contributed by atoms with E-state index in [1.54, 1.807) is 29.9 Å². The van der Waals surface area contributed by atoms with E-state index in [-0.39, 0.29) is 29.5 Å². The first-order valence-corrected chi connectivity index (χ1v) is 7.83. The molecule has 24 heavy (non-hydrogen) atoms. The fourth-order valence-corrected chi connectivity index (χ4v) is 2.81. The minimum absolute atomic E-state index is 0.0512. The molecular formula is C18H19N3O3. The molecule has 0 unspecified atom stereocenters. The van der Waals surface area contributed by atoms with Crippen molar-refractivity contribution < 1.29 is 9.59 Å². The molecule has 0 bridgehead atoms. The van der Waals surface area contributed by atoms with Gasteiger partial charge in [-0.1, -0.05) is 30.3 Å². The Hall–Kier alpha value is -2.89. The summed E-state index contributed by atoms with van der Waals surface area (Å²) in [5.41, 5.74) is 0.985. The Morgan fingerprint density at radius 3 is 2.58 bits per heavy atom. The molecule has 1 aliphatic rings. The quantitative estimate of drug-likeness (QED) is 0.921. The largest absolute Gasteiger partial charge is 0.345 e. The highest BCUT2D eigenvalue weighted by Crippen LogP contribution is 2.17. The molecule has 3 rings (SSSR count). The summed E-state index contributed by atoms with van der Waals surface area (Å²) in [4.78, 5) is 37.9. The number of anilines is 1. The molecule has 1 saturated heterocycles. The number of hydrogen-bond acceptors (Lipinski definition) is 3. The number of carbonyl (C=O) groups is 2. The predicted octanol–water partition coefficient (Wildman–Crippen LogP) is 1.31. The van der Waals surface area contributed by atoms with Gasteiger partial charge in [0.25, 0.3) is 5.56 Å². The zero-order chi connectivity index (χ0) is 17.1. The molecule has 2 amide bonds. The fraction of sp³-hybridized carbons (Fsp3) is 0.278. The lowest BCUT2D eigenvalue weighted by Crippen LogP contribution is -2.30. The number of benzene rings is 1. The molecule has 1 fully saturated rings. The summed E-state index contributed by atoms with van der Waals surface area (Å²) in [6, 6.07) is 12.9. The lowest BCUT2D eigenvalue weighted by Gasteiger charge is -2.12. The Morgan fingerprint density at radius 2 is 1.92 bits per heavy atom. The van der Waals surface area contributed by atoms with Gasteiger partial charge in [-0.15, -0.1) is 0 Å². The van der Waals surface area contributed by atoms with Gasteiger partial charge in [-0.05, 0) is 17.7 Å². The molecule has 6 nitrogen and oxygen atoms in total. The van der Waals surface area contributed by atoms with Crippen molar-refractivity contribution in [3.8, 4) is 0 Å². The number of hydrogen-bond donors (Lipinski definition) is 1. The van der Waals surface area contributed by atoms with Crippen LogP contribution in [0.5, 0.6) is 0 Å². The molecule has 2 aromatic rings. The van der Waals surface area contributed by atoms with E-state index in [1.165, 1.54) is 4.90 Å². The van der Waals surface area contributed by atoms with Gasteiger partial charge in [0.1, 0.15) is 5.69 Å². The molecular weight excluding hydrogens is 306 g/mol. The monoisotopic (exact) mass is 325 g/mol. The van der Waals surface area contributed by atoms with E-state index in [4.69, 9.17) is 0 Å². The first-order chi connectivity index (χ1) is 11.5. The van der Waals surface area contributed by atoms with Crippen LogP contribution in [0.4, 0.5) is 5.69 Å². The van der Waals surface area contributed by atoms with Crippen molar-refractivity contribution in [1.82, 2.24) is 9.47 Å². The molecule has 1 aromatic heterocycles. The van der Waals surface area contributed by atoms with Gasteiger partial charge in [0.15, 0.2) is 0 Å². The van der Waals surface area contributed by atoms with E-state index >= 15 is 0 Å². The molecule has 6 heteroatoms. The summed E-state index contributed by atoms with van der Waals surface area (Å²) < 4.78 is 1.55. The van der Waals surface area contributed by atoms with Crippen molar-refractivity contribution in [3.63, 3.8) is 0 Å². The third-order valence-corrected chi connectivity index (χ3v) is 4.19. The van der Waals surface area contributed by atoms with Crippen molar-refractivity contribution in [1.29, 1.82) is 0 Å². The molecule has 0 spiro atoms. The number of aromatic nitrogens is 1. The van der Waals surface area contributed by atoms with E-state index in [0.717, 1.165) is 5.56 Å². The SMILES string of the molecule is CN1C[C@H](C(=O)Nc2cccn(Cc3ccccc3)c2=O)CC1=O. The third kappa shape index (κ3) is 3.37. The molecule has 1 N–H and O–H groups in total. The summed E-state index contributed by atoms with van der Waals surface area (Å²) in [5, 5.41) is 2.67. The normalized spacial score (nSPS) is 17.1. The summed E-state index contributed by atoms with van der Waals surface area (Å²) in [6.45, 7) is 0.823. The van der Waals surface area contributed by atoms with Crippen LogP contribution in [-0.2, 0) is 16.1 Å². The van der Waals surface area contributed by atoms with E-state index in [2.05, 4.69) is 5.32 Å². The van der Waals surface area contributed by atoms with Gasteiger partial charge >= 0.3 is 0 Å². The Labute approximate surface area is 139 Å². The van der Waals surface area contributed by atoms with Gasteiger partial charge in [-0.25, -0.2) is 0 Å². The number of carbonyl (C=O) groups excluding carboxylic acids is 2. The Bertz CT molecular complexity index is 814. The maximum absolute atomic E-state index is 12.5. The highest BCUT2D eigenvalue weighted by atomic mass is 16.2. The molecule has 1 aliphatic heterocycles. The van der Waals surface area contributed by atoms with Crippen LogP contribution in [0.25, 0.3) is 0 Å². The summed E-state index contributed by atoms with van der Waals surface area (Å²) >= 11 is 0. The van der Waals surface area contributed by atoms with Crippen LogP contribution in [0.1, 0.15) is 12.0 Å². The summed E-state index contributed by atoms with van der Waals surface area (Å²) in [7, 11) is 1.67. The van der Waals surface area contributed by atoms with E-state index < -0.39 is 5.92 Å². The summed E-state index contributed by atoms with van der Waals surface area (Å²) in [6.07, 6.45) is 1.88. The molecule has 1 atom stereocenters. The standard InChI is InChI=1S/C18H19N3O3/c1-20-12-14(10-16(20)22)17(23)19-15-8-5-9-21(18(15)24)11-13-6-3-2-4-7-13/h2-9,14H,10-12H2,1H3,(H,19,23)/t14-/m1/s1. The van der Waals surface area contributed by atoms with Crippen LogP contribution >= 0.6 is 0 Å². The maximum Gasteiger partial charge on any atom is 0.274 e. The highest BCUT2D eigenvalue weighted by molar-refractivity contribution is 5.97. The average molecular weight is 325 g/mol. The smallest absolute Gasteiger partial charge is 0.274 e. The van der Waals surface area contributed by atoms with E-state index in [1.807, 2.05) is 30.3 Å². The number of nitrogens with zero attached hydrogens (tertiary/aromatic N) is 2. The zero-order valence-electron chi connectivity index (χ0n) is 13.4. The van der Waals surface area contributed by atoms with Crippen molar-refractivity contribution >= 4 is 17.5 Å². The topological polar surface area (TPSA) is 71.4 Å². The van der Waals surface area contributed by atoms with Crippen molar-refractivity contribution in [2.75, 3.05) is 18.9 Å². The first-order valence-electron chi connectivity index (χ1n) is 7.83. The lowest BCUT2D eigenvalue weighted by molar-refractivity contribution is -0.127. The molecule has 0 saturated carbocycles. The molecule has 0 radical (unpaired) electrons. The fourth-order valence-electron chi connectivity index (χ4n) is 2.81. The van der Waals surface area contributed by atoms with Gasteiger partial charge in [0.05, 0.1) is 12.5 Å². The van der Waals surface area contributed by atoms with Crippen molar-refractivity contribution in [2.45, 2.75) is 13.0 Å². The third-order valence-electron chi connectivity index (χ3n) is 4.19. The average Bonchev–Trinajstić information content (AvgIpc) is 2.92. The highest BCUT2D eigenvalue weighted by Gasteiger charge is 2.32. The Kier molecular flexibility index (Phi) is 4.46. The molecule has 1 aromatic carbocycles. The first kappa shape index (κ1) is 16.0. The number of rotatable bonds is 4. The van der Waals surface area contributed by atoms with Gasteiger partial charge in [-0.2, -0.15) is 0 Å². The molecule has 2 heterocycles. The van der Waals surface area contributed by atoms with Crippen LogP contribution in [0.3, 0.4) is 0 Å². The number of likely N-dealkylation sites (tertiary alicyclic amines) is 1. The maximum atomic E-state index is 12.5. The minimum Gasteiger partial charge on any atom is -0.345 e. The van der Waals surface area contributed by atoms with Crippen LogP contribution < -0.4 is 10.9 Å². The van der Waals surface area contributed by atoms with Crippen LogP contribution in [0.15, 0.2) is 53.5 Å². The van der Waals surface area contributed by atoms with Gasteiger partial charge in [0, 0.05) is 26.2 Å².